The number of aliphatic carboxylic acids is 1. The fourth-order valence-corrected chi connectivity index (χ4v) is 2.32. The van der Waals surface area contributed by atoms with Gasteiger partial charge in [-0.2, -0.15) is 0 Å². The minimum Gasteiger partial charge on any atom is -0.550 e. The number of carbonyl (C=O) groups excluding carboxylic acids is 2. The average Bonchev–Trinajstić information content (AvgIpc) is 2.60. The Balaban J connectivity index is 2.29. The zero-order valence-electron chi connectivity index (χ0n) is 13.3. The lowest BCUT2D eigenvalue weighted by Gasteiger charge is -2.20. The van der Waals surface area contributed by atoms with Gasteiger partial charge in [-0.25, -0.2) is 0 Å². The van der Waals surface area contributed by atoms with Crippen molar-refractivity contribution in [3.05, 3.63) is 69.8 Å². The number of methoxy groups -OCH3 is 1. The number of ether oxygens (including phenoxy) is 1. The van der Waals surface area contributed by atoms with Crippen molar-refractivity contribution in [2.75, 3.05) is 7.11 Å². The summed E-state index contributed by atoms with van der Waals surface area (Å²) < 4.78 is 5.03. The third kappa shape index (κ3) is 4.54. The predicted molar refractivity (Wildman–Crippen MR) is 85.9 cm³/mol. The Labute approximate surface area is 143 Å². The molecular formula is C17H15N2O6-. The van der Waals surface area contributed by atoms with Crippen LogP contribution >= 0.6 is 0 Å². The summed E-state index contributed by atoms with van der Waals surface area (Å²) in [5, 5.41) is 24.6. The summed E-state index contributed by atoms with van der Waals surface area (Å²) in [6.45, 7) is 0. The van der Waals surface area contributed by atoms with Gasteiger partial charge in [0.15, 0.2) is 0 Å². The van der Waals surface area contributed by atoms with Crippen LogP contribution in [0.2, 0.25) is 0 Å². The van der Waals surface area contributed by atoms with E-state index in [9.17, 15) is 24.8 Å². The highest BCUT2D eigenvalue weighted by molar-refractivity contribution is 5.98. The molecule has 2 aromatic carbocycles. The van der Waals surface area contributed by atoms with E-state index in [2.05, 4.69) is 5.32 Å². The highest BCUT2D eigenvalue weighted by Crippen LogP contribution is 2.23. The summed E-state index contributed by atoms with van der Waals surface area (Å²) in [6, 6.07) is 11.0. The lowest BCUT2D eigenvalue weighted by molar-refractivity contribution is -0.385. The zero-order valence-corrected chi connectivity index (χ0v) is 13.3. The molecule has 25 heavy (non-hydrogen) atoms. The third-order valence-corrected chi connectivity index (χ3v) is 3.54. The molecule has 1 N–H and O–H groups in total. The molecule has 2 aromatic rings. The van der Waals surface area contributed by atoms with Crippen LogP contribution in [0.4, 0.5) is 5.69 Å². The van der Waals surface area contributed by atoms with Crippen LogP contribution in [-0.4, -0.2) is 23.9 Å². The van der Waals surface area contributed by atoms with Gasteiger partial charge < -0.3 is 20.0 Å². The van der Waals surface area contributed by atoms with E-state index in [0.29, 0.717) is 11.3 Å². The number of para-hydroxylation sites is 1. The van der Waals surface area contributed by atoms with Crippen molar-refractivity contribution in [3.8, 4) is 5.75 Å². The Hall–Kier alpha value is -3.42. The molecule has 1 atom stereocenters. The molecule has 130 valence electrons. The zero-order chi connectivity index (χ0) is 18.4. The van der Waals surface area contributed by atoms with Crippen molar-refractivity contribution >= 4 is 17.6 Å². The highest BCUT2D eigenvalue weighted by atomic mass is 16.6. The second-order valence-corrected chi connectivity index (χ2v) is 5.15. The Morgan fingerprint density at radius 1 is 1.16 bits per heavy atom. The third-order valence-electron chi connectivity index (χ3n) is 3.54. The van der Waals surface area contributed by atoms with Crippen molar-refractivity contribution in [1.82, 2.24) is 5.32 Å². The van der Waals surface area contributed by atoms with Crippen LogP contribution in [0, 0.1) is 10.1 Å². The van der Waals surface area contributed by atoms with Crippen LogP contribution in [-0.2, 0) is 4.79 Å². The number of carboxylic acid groups (broad SMARTS) is 1. The fourth-order valence-electron chi connectivity index (χ4n) is 2.32. The number of nitro groups is 1. The number of rotatable bonds is 7. The molecule has 8 nitrogen and oxygen atoms in total. The quantitative estimate of drug-likeness (QED) is 0.596. The monoisotopic (exact) mass is 343 g/mol. The molecule has 0 fully saturated rings. The lowest BCUT2D eigenvalue weighted by Crippen LogP contribution is -2.34. The molecule has 0 radical (unpaired) electrons. The number of hydrogen-bond donors (Lipinski definition) is 1. The van der Waals surface area contributed by atoms with Gasteiger partial charge in [0.05, 0.1) is 18.1 Å². The van der Waals surface area contributed by atoms with Crippen LogP contribution in [0.3, 0.4) is 0 Å². The Morgan fingerprint density at radius 2 is 1.80 bits per heavy atom. The van der Waals surface area contributed by atoms with Crippen LogP contribution in [0.25, 0.3) is 0 Å². The topological polar surface area (TPSA) is 122 Å². The van der Waals surface area contributed by atoms with E-state index in [0.717, 1.165) is 0 Å². The van der Waals surface area contributed by atoms with E-state index < -0.39 is 29.3 Å². The summed E-state index contributed by atoms with van der Waals surface area (Å²) in [6.07, 6.45) is -0.474. The molecule has 1 amide bonds. The van der Waals surface area contributed by atoms with E-state index in [4.69, 9.17) is 4.74 Å². The number of nitrogens with zero attached hydrogens (tertiary/aromatic N) is 1. The van der Waals surface area contributed by atoms with Crippen molar-refractivity contribution < 1.29 is 24.4 Å². The van der Waals surface area contributed by atoms with Crippen molar-refractivity contribution in [1.29, 1.82) is 0 Å². The maximum atomic E-state index is 12.4. The van der Waals surface area contributed by atoms with Crippen molar-refractivity contribution in [2.24, 2.45) is 0 Å². The molecular weight excluding hydrogens is 328 g/mol. The Morgan fingerprint density at radius 3 is 2.36 bits per heavy atom. The van der Waals surface area contributed by atoms with Gasteiger partial charge in [-0.05, 0) is 23.8 Å². The molecule has 0 aliphatic carbocycles. The average molecular weight is 343 g/mol. The fraction of sp³-hybridized carbons (Fsp3) is 0.176. The molecule has 0 aliphatic rings. The number of amides is 1. The maximum Gasteiger partial charge on any atom is 0.282 e. The van der Waals surface area contributed by atoms with Crippen LogP contribution in [0.5, 0.6) is 5.75 Å². The first kappa shape index (κ1) is 17.9. The maximum absolute atomic E-state index is 12.4. The smallest absolute Gasteiger partial charge is 0.282 e. The first-order valence-electron chi connectivity index (χ1n) is 7.30. The SMILES string of the molecule is COc1ccc([C@H](CC(=O)[O-])NC(=O)c2ccccc2[N+](=O)[O-])cc1. The summed E-state index contributed by atoms with van der Waals surface area (Å²) in [7, 11) is 1.49. The summed E-state index contributed by atoms with van der Waals surface area (Å²) in [4.78, 5) is 33.8. The summed E-state index contributed by atoms with van der Waals surface area (Å²) in [5.74, 6) is -1.53. The predicted octanol–water partition coefficient (Wildman–Crippen LogP) is 1.21. The van der Waals surface area contributed by atoms with Crippen LogP contribution < -0.4 is 15.2 Å². The molecule has 2 rings (SSSR count). The minimum atomic E-state index is -1.36. The van der Waals surface area contributed by atoms with Gasteiger partial charge in [-0.15, -0.1) is 0 Å². The standard InChI is InChI=1S/C17H16N2O6/c1-25-12-8-6-11(7-9-12)14(10-16(20)21)18-17(22)13-4-2-3-5-15(13)19(23)24/h2-9,14H,10H2,1H3,(H,18,22)(H,20,21)/p-1/t14-/m0/s1. The molecule has 0 spiro atoms. The van der Waals surface area contributed by atoms with Crippen molar-refractivity contribution in [2.45, 2.75) is 12.5 Å². The van der Waals surface area contributed by atoms with Crippen molar-refractivity contribution in [3.63, 3.8) is 0 Å². The van der Waals surface area contributed by atoms with E-state index in [-0.39, 0.29) is 11.3 Å². The summed E-state index contributed by atoms with van der Waals surface area (Å²) in [5.41, 5.74) is 0.00299. The van der Waals surface area contributed by atoms with Gasteiger partial charge in [0, 0.05) is 18.5 Å². The first-order valence-corrected chi connectivity index (χ1v) is 7.30. The molecule has 0 aliphatic heterocycles. The lowest BCUT2D eigenvalue weighted by atomic mass is 10.0. The van der Waals surface area contributed by atoms with Crippen LogP contribution in [0.15, 0.2) is 48.5 Å². The summed E-state index contributed by atoms with van der Waals surface area (Å²) >= 11 is 0. The Kier molecular flexibility index (Phi) is 5.67. The number of carboxylic acids is 1. The second kappa shape index (κ2) is 7.91. The molecule has 0 unspecified atom stereocenters. The molecule has 0 bridgehead atoms. The number of carbonyl (C=O) groups is 2. The van der Waals surface area contributed by atoms with Gasteiger partial charge in [-0.1, -0.05) is 24.3 Å². The first-order chi connectivity index (χ1) is 11.9. The number of hydrogen-bond acceptors (Lipinski definition) is 6. The van der Waals surface area contributed by atoms with Gasteiger partial charge in [-0.3, -0.25) is 14.9 Å². The van der Waals surface area contributed by atoms with E-state index in [1.54, 1.807) is 24.3 Å². The van der Waals surface area contributed by atoms with Crippen LogP contribution in [0.1, 0.15) is 28.4 Å². The number of nitro benzene ring substituents is 1. The van der Waals surface area contributed by atoms with E-state index in [1.807, 2.05) is 0 Å². The number of nitrogens with one attached hydrogen (secondary N) is 1. The molecule has 0 saturated carbocycles. The largest absolute Gasteiger partial charge is 0.550 e. The second-order valence-electron chi connectivity index (χ2n) is 5.15. The normalized spacial score (nSPS) is 11.4. The van der Waals surface area contributed by atoms with E-state index in [1.165, 1.54) is 31.4 Å². The number of benzene rings is 2. The van der Waals surface area contributed by atoms with Gasteiger partial charge in [0.2, 0.25) is 0 Å². The van der Waals surface area contributed by atoms with Gasteiger partial charge in [0.1, 0.15) is 11.3 Å². The molecule has 8 heteroatoms. The molecule has 0 saturated heterocycles. The van der Waals surface area contributed by atoms with E-state index >= 15 is 0 Å². The highest BCUT2D eigenvalue weighted by Gasteiger charge is 2.22. The molecule has 0 heterocycles. The minimum absolute atomic E-state index is 0.149. The molecule has 0 aromatic heterocycles. The Bertz CT molecular complexity index is 788. The van der Waals surface area contributed by atoms with Gasteiger partial charge >= 0.3 is 0 Å². The van der Waals surface area contributed by atoms with Gasteiger partial charge in [0.25, 0.3) is 11.6 Å².